The van der Waals surface area contributed by atoms with Crippen molar-refractivity contribution in [1.29, 1.82) is 0 Å². The fourth-order valence-corrected chi connectivity index (χ4v) is 6.82. The van der Waals surface area contributed by atoms with Gasteiger partial charge in [0.15, 0.2) is 6.10 Å². The van der Waals surface area contributed by atoms with Crippen LogP contribution < -0.4 is 5.73 Å². The highest BCUT2D eigenvalue weighted by atomic mass is 31.2. The summed E-state index contributed by atoms with van der Waals surface area (Å²) in [5.41, 5.74) is 5.36. The van der Waals surface area contributed by atoms with Gasteiger partial charge in [-0.1, -0.05) is 186 Å². The van der Waals surface area contributed by atoms with Gasteiger partial charge >= 0.3 is 19.8 Å². The third kappa shape index (κ3) is 49.6. The lowest BCUT2D eigenvalue weighted by Gasteiger charge is -2.19. The van der Waals surface area contributed by atoms with Crippen molar-refractivity contribution in [3.8, 4) is 0 Å². The molecule has 9 nitrogen and oxygen atoms in total. The smallest absolute Gasteiger partial charge is 0.462 e. The first-order valence-electron chi connectivity index (χ1n) is 25.2. The van der Waals surface area contributed by atoms with Gasteiger partial charge in [0, 0.05) is 19.4 Å². The molecule has 0 amide bonds. The van der Waals surface area contributed by atoms with E-state index in [2.05, 4.69) is 148 Å². The van der Waals surface area contributed by atoms with E-state index in [1.807, 2.05) is 0 Å². The van der Waals surface area contributed by atoms with E-state index in [9.17, 15) is 19.0 Å². The summed E-state index contributed by atoms with van der Waals surface area (Å²) in [6.07, 6.45) is 70.6. The molecule has 3 N–H and O–H groups in total. The highest BCUT2D eigenvalue weighted by Crippen LogP contribution is 2.43. The molecule has 0 aliphatic carbocycles. The van der Waals surface area contributed by atoms with Crippen molar-refractivity contribution in [1.82, 2.24) is 0 Å². The number of carbonyl (C=O) groups excluding carboxylic acids is 2. The zero-order valence-electron chi connectivity index (χ0n) is 41.1. The number of phosphoric ester groups is 1. The fraction of sp³-hybridized carbons (Fsp3) is 0.571. The molecular formula is C56H90NO8P. The van der Waals surface area contributed by atoms with E-state index >= 15 is 0 Å². The van der Waals surface area contributed by atoms with E-state index in [-0.39, 0.29) is 32.6 Å². The van der Waals surface area contributed by atoms with Crippen LogP contribution in [-0.4, -0.2) is 49.3 Å². The molecule has 0 aromatic heterocycles. The van der Waals surface area contributed by atoms with Gasteiger partial charge in [-0.25, -0.2) is 4.57 Å². The molecule has 0 heterocycles. The van der Waals surface area contributed by atoms with Gasteiger partial charge in [-0.3, -0.25) is 18.6 Å². The van der Waals surface area contributed by atoms with E-state index in [1.54, 1.807) is 0 Å². The predicted octanol–water partition coefficient (Wildman–Crippen LogP) is 15.4. The van der Waals surface area contributed by atoms with E-state index in [4.69, 9.17) is 24.3 Å². The minimum absolute atomic E-state index is 0.0377. The minimum Gasteiger partial charge on any atom is -0.462 e. The van der Waals surface area contributed by atoms with Crippen molar-refractivity contribution >= 4 is 19.8 Å². The van der Waals surface area contributed by atoms with E-state index in [1.165, 1.54) is 12.8 Å². The lowest BCUT2D eigenvalue weighted by Crippen LogP contribution is -2.29. The number of hydrogen-bond acceptors (Lipinski definition) is 8. The first kappa shape index (κ1) is 62.1. The Morgan fingerprint density at radius 3 is 1.26 bits per heavy atom. The number of unbranched alkanes of at least 4 members (excludes halogenated alkanes) is 10. The van der Waals surface area contributed by atoms with Crippen molar-refractivity contribution < 1.29 is 37.6 Å². The molecule has 0 aliphatic heterocycles. The number of rotatable bonds is 45. The monoisotopic (exact) mass is 936 g/mol. The Hall–Kier alpha value is -3.85. The number of phosphoric acid groups is 1. The second-order valence-electron chi connectivity index (χ2n) is 15.9. The fourth-order valence-electron chi connectivity index (χ4n) is 6.05. The summed E-state index contributed by atoms with van der Waals surface area (Å²) in [4.78, 5) is 35.0. The van der Waals surface area contributed by atoms with Crippen LogP contribution in [0.15, 0.2) is 134 Å². The summed E-state index contributed by atoms with van der Waals surface area (Å²) in [7, 11) is -4.40. The maximum Gasteiger partial charge on any atom is 0.472 e. The standard InChI is InChI=1S/C56H90NO8P/c1-3-5-7-9-11-13-15-17-19-20-21-22-23-24-25-26-27-28-29-30-31-32-33-34-35-37-39-41-43-45-47-49-56(59)65-54(53-64-66(60,61)63-51-50-57)52-62-55(58)48-46-44-42-40-38-36-18-16-14-12-10-8-6-4-2/h5,7,10-13,16-19,21-22,24-25,27-28,30-31,33-34,37,39,54H,3-4,6,8-9,14-15,20,23,26,29,32,35-36,38,40-53,57H2,1-2H3,(H,60,61)/b7-5-,12-10-,13-11-,18-16-,19-17-,22-21-,25-24-,28-27-,31-30-,34-33-,39-37-. The third-order valence-electron chi connectivity index (χ3n) is 9.77. The molecule has 0 aromatic carbocycles. The first-order chi connectivity index (χ1) is 32.3. The number of hydrogen-bond donors (Lipinski definition) is 2. The van der Waals surface area contributed by atoms with Gasteiger partial charge in [0.05, 0.1) is 13.2 Å². The molecule has 10 heteroatoms. The lowest BCUT2D eigenvalue weighted by molar-refractivity contribution is -0.161. The zero-order chi connectivity index (χ0) is 48.1. The molecule has 0 aliphatic rings. The maximum atomic E-state index is 12.6. The van der Waals surface area contributed by atoms with Crippen LogP contribution in [0.4, 0.5) is 0 Å². The summed E-state index contributed by atoms with van der Waals surface area (Å²) in [6.45, 7) is 3.49. The van der Waals surface area contributed by atoms with Gasteiger partial charge in [-0.05, 0) is 109 Å². The Kier molecular flexibility index (Phi) is 47.6. The van der Waals surface area contributed by atoms with Gasteiger partial charge in [-0.15, -0.1) is 0 Å². The van der Waals surface area contributed by atoms with Crippen molar-refractivity contribution in [2.24, 2.45) is 5.73 Å². The molecule has 2 atom stereocenters. The molecule has 0 spiro atoms. The maximum absolute atomic E-state index is 12.6. The topological polar surface area (TPSA) is 134 Å². The van der Waals surface area contributed by atoms with Crippen LogP contribution >= 0.6 is 7.82 Å². The Morgan fingerprint density at radius 2 is 0.833 bits per heavy atom. The van der Waals surface area contributed by atoms with Crippen LogP contribution in [0, 0.1) is 0 Å². The van der Waals surface area contributed by atoms with Gasteiger partial charge in [-0.2, -0.15) is 0 Å². The van der Waals surface area contributed by atoms with E-state index in [0.29, 0.717) is 12.8 Å². The number of allylic oxidation sites excluding steroid dienone is 22. The van der Waals surface area contributed by atoms with E-state index < -0.39 is 32.5 Å². The summed E-state index contributed by atoms with van der Waals surface area (Å²) < 4.78 is 32.8. The Morgan fingerprint density at radius 1 is 0.470 bits per heavy atom. The number of ether oxygens (including phenoxy) is 2. The molecule has 0 saturated carbocycles. The number of esters is 2. The van der Waals surface area contributed by atoms with Gasteiger partial charge < -0.3 is 20.1 Å². The lowest BCUT2D eigenvalue weighted by atomic mass is 10.1. The van der Waals surface area contributed by atoms with E-state index in [0.717, 1.165) is 122 Å². The third-order valence-corrected chi connectivity index (χ3v) is 10.8. The van der Waals surface area contributed by atoms with Crippen LogP contribution in [0.2, 0.25) is 0 Å². The van der Waals surface area contributed by atoms with Gasteiger partial charge in [0.2, 0.25) is 0 Å². The SMILES string of the molecule is CC/C=C\C/C=C\C/C=C\C/C=C\C/C=C\C/C=C\C/C=C\C/C=C\C/C=C\CCCCCC(=O)OC(COC(=O)CCCCCCC/C=C\C/C=C\CCCC)COP(=O)(O)OCCN. The molecule has 372 valence electrons. The largest absolute Gasteiger partial charge is 0.472 e. The Balaban J connectivity index is 4.18. The van der Waals surface area contributed by atoms with Gasteiger partial charge in [0.25, 0.3) is 0 Å². The molecular weight excluding hydrogens is 846 g/mol. The highest BCUT2D eigenvalue weighted by Gasteiger charge is 2.26. The molecule has 0 bridgehead atoms. The average Bonchev–Trinajstić information content (AvgIpc) is 3.31. The number of nitrogens with two attached hydrogens (primary N) is 1. The normalized spacial score (nSPS) is 14.3. The second kappa shape index (κ2) is 50.6. The summed E-state index contributed by atoms with van der Waals surface area (Å²) in [5.74, 6) is -0.897. The van der Waals surface area contributed by atoms with Crippen LogP contribution in [-0.2, 0) is 32.7 Å². The average molecular weight is 936 g/mol. The quantitative estimate of drug-likeness (QED) is 0.0265. The second-order valence-corrected chi connectivity index (χ2v) is 17.4. The van der Waals surface area contributed by atoms with Crippen LogP contribution in [0.5, 0.6) is 0 Å². The molecule has 66 heavy (non-hydrogen) atoms. The van der Waals surface area contributed by atoms with Crippen LogP contribution in [0.1, 0.15) is 174 Å². The molecule has 0 aromatic rings. The van der Waals surface area contributed by atoms with Gasteiger partial charge in [0.1, 0.15) is 6.61 Å². The molecule has 0 saturated heterocycles. The molecule has 0 rings (SSSR count). The Bertz CT molecular complexity index is 1530. The minimum atomic E-state index is -4.40. The summed E-state index contributed by atoms with van der Waals surface area (Å²) in [6, 6.07) is 0. The molecule has 2 unspecified atom stereocenters. The highest BCUT2D eigenvalue weighted by molar-refractivity contribution is 7.47. The van der Waals surface area contributed by atoms with Crippen molar-refractivity contribution in [3.63, 3.8) is 0 Å². The predicted molar refractivity (Wildman–Crippen MR) is 279 cm³/mol. The van der Waals surface area contributed by atoms with Crippen molar-refractivity contribution in [2.45, 2.75) is 180 Å². The van der Waals surface area contributed by atoms with Crippen molar-refractivity contribution in [2.75, 3.05) is 26.4 Å². The van der Waals surface area contributed by atoms with Crippen LogP contribution in [0.25, 0.3) is 0 Å². The summed E-state index contributed by atoms with van der Waals surface area (Å²) >= 11 is 0. The molecule has 0 radical (unpaired) electrons. The van der Waals surface area contributed by atoms with Crippen molar-refractivity contribution in [3.05, 3.63) is 134 Å². The summed E-state index contributed by atoms with van der Waals surface area (Å²) in [5, 5.41) is 0. The molecule has 0 fully saturated rings. The zero-order valence-corrected chi connectivity index (χ0v) is 42.0. The van der Waals surface area contributed by atoms with Crippen LogP contribution in [0.3, 0.4) is 0 Å². The number of carbonyl (C=O) groups is 2. The Labute approximate surface area is 402 Å². The first-order valence-corrected chi connectivity index (χ1v) is 26.7.